The van der Waals surface area contributed by atoms with Crippen molar-refractivity contribution in [2.75, 3.05) is 11.9 Å². The minimum atomic E-state index is -0.0202. The third-order valence-corrected chi connectivity index (χ3v) is 3.99. The summed E-state index contributed by atoms with van der Waals surface area (Å²) in [6.07, 6.45) is 2.02. The van der Waals surface area contributed by atoms with Crippen LogP contribution in [-0.2, 0) is 4.79 Å². The first-order chi connectivity index (χ1) is 8.33. The monoisotopic (exact) mass is 246 g/mol. The summed E-state index contributed by atoms with van der Waals surface area (Å²) in [5.74, 6) is 0.0806. The number of rotatable bonds is 2. The molecule has 4 heteroatoms. The highest BCUT2D eigenvalue weighted by Crippen LogP contribution is 2.24. The van der Waals surface area contributed by atoms with Crippen molar-refractivity contribution >= 4 is 33.0 Å². The van der Waals surface area contributed by atoms with Gasteiger partial charge < -0.3 is 10.6 Å². The third kappa shape index (κ3) is 2.18. The molecule has 2 heterocycles. The molecule has 3 rings (SSSR count). The molecule has 0 unspecified atom stereocenters. The normalized spacial score (nSPS) is 19.6. The average Bonchev–Trinajstić information content (AvgIpc) is 2.99. The van der Waals surface area contributed by atoms with Crippen LogP contribution >= 0.6 is 11.3 Å². The summed E-state index contributed by atoms with van der Waals surface area (Å²) in [6, 6.07) is 8.10. The predicted molar refractivity (Wildman–Crippen MR) is 71.5 cm³/mol. The van der Waals surface area contributed by atoms with Crippen LogP contribution in [-0.4, -0.2) is 18.5 Å². The van der Waals surface area contributed by atoms with Crippen LogP contribution in [0.25, 0.3) is 10.1 Å². The molecule has 1 saturated heterocycles. The van der Waals surface area contributed by atoms with Gasteiger partial charge in [-0.2, -0.15) is 0 Å². The zero-order chi connectivity index (χ0) is 11.7. The SMILES string of the molecule is O=C(Nc1ccc2sccc2c1)[C@@H]1CCCN1. The molecule has 0 aliphatic carbocycles. The van der Waals surface area contributed by atoms with Crippen molar-refractivity contribution in [3.8, 4) is 0 Å². The second-order valence-corrected chi connectivity index (χ2v) is 5.26. The van der Waals surface area contributed by atoms with Gasteiger partial charge in [0.15, 0.2) is 0 Å². The van der Waals surface area contributed by atoms with Gasteiger partial charge >= 0.3 is 0 Å². The van der Waals surface area contributed by atoms with Gasteiger partial charge in [-0.05, 0) is 54.4 Å². The lowest BCUT2D eigenvalue weighted by Crippen LogP contribution is -2.35. The minimum Gasteiger partial charge on any atom is -0.325 e. The van der Waals surface area contributed by atoms with Gasteiger partial charge in [-0.1, -0.05) is 0 Å². The number of amides is 1. The van der Waals surface area contributed by atoms with Crippen LogP contribution in [0.5, 0.6) is 0 Å². The fraction of sp³-hybridized carbons (Fsp3) is 0.308. The highest BCUT2D eigenvalue weighted by atomic mass is 32.1. The number of carbonyl (C=O) groups excluding carboxylic acids is 1. The van der Waals surface area contributed by atoms with Crippen LogP contribution in [0.1, 0.15) is 12.8 Å². The zero-order valence-electron chi connectivity index (χ0n) is 9.40. The lowest BCUT2D eigenvalue weighted by atomic mass is 10.2. The van der Waals surface area contributed by atoms with E-state index in [1.54, 1.807) is 11.3 Å². The molecule has 2 aromatic rings. The van der Waals surface area contributed by atoms with Gasteiger partial charge in [0.1, 0.15) is 0 Å². The molecule has 1 aliphatic rings. The summed E-state index contributed by atoms with van der Waals surface area (Å²) < 4.78 is 1.25. The van der Waals surface area contributed by atoms with E-state index < -0.39 is 0 Å². The molecule has 1 aromatic heterocycles. The summed E-state index contributed by atoms with van der Waals surface area (Å²) in [5, 5.41) is 9.42. The van der Waals surface area contributed by atoms with Gasteiger partial charge in [0.2, 0.25) is 5.91 Å². The number of thiophene rings is 1. The van der Waals surface area contributed by atoms with Crippen molar-refractivity contribution in [2.45, 2.75) is 18.9 Å². The van der Waals surface area contributed by atoms with Crippen molar-refractivity contribution in [3.63, 3.8) is 0 Å². The Morgan fingerprint density at radius 1 is 1.41 bits per heavy atom. The van der Waals surface area contributed by atoms with Crippen LogP contribution in [0.3, 0.4) is 0 Å². The van der Waals surface area contributed by atoms with E-state index in [9.17, 15) is 4.79 Å². The van der Waals surface area contributed by atoms with E-state index in [0.717, 1.165) is 25.1 Å². The Morgan fingerprint density at radius 3 is 3.18 bits per heavy atom. The molecule has 3 nitrogen and oxygen atoms in total. The van der Waals surface area contributed by atoms with E-state index in [0.29, 0.717) is 0 Å². The summed E-state index contributed by atoms with van der Waals surface area (Å²) in [4.78, 5) is 11.9. The number of carbonyl (C=O) groups is 1. The second kappa shape index (κ2) is 4.47. The zero-order valence-corrected chi connectivity index (χ0v) is 10.2. The second-order valence-electron chi connectivity index (χ2n) is 4.31. The Hall–Kier alpha value is -1.39. The molecule has 0 spiro atoms. The van der Waals surface area contributed by atoms with Crippen LogP contribution in [0.2, 0.25) is 0 Å². The standard InChI is InChI=1S/C13H14N2OS/c16-13(11-2-1-6-14-11)15-10-3-4-12-9(8-10)5-7-17-12/h3-5,7-8,11,14H,1-2,6H2,(H,15,16)/t11-/m0/s1. The summed E-state index contributed by atoms with van der Waals surface area (Å²) >= 11 is 1.72. The van der Waals surface area contributed by atoms with E-state index >= 15 is 0 Å². The van der Waals surface area contributed by atoms with E-state index in [1.165, 1.54) is 10.1 Å². The topological polar surface area (TPSA) is 41.1 Å². The highest BCUT2D eigenvalue weighted by Gasteiger charge is 2.21. The average molecular weight is 246 g/mol. The summed E-state index contributed by atoms with van der Waals surface area (Å²) in [7, 11) is 0. The molecule has 2 N–H and O–H groups in total. The molecule has 88 valence electrons. The number of benzene rings is 1. The van der Waals surface area contributed by atoms with Crippen molar-refractivity contribution in [1.82, 2.24) is 5.32 Å². The van der Waals surface area contributed by atoms with E-state index in [-0.39, 0.29) is 11.9 Å². The van der Waals surface area contributed by atoms with Gasteiger partial charge in [-0.15, -0.1) is 11.3 Å². The number of anilines is 1. The van der Waals surface area contributed by atoms with E-state index in [2.05, 4.69) is 28.1 Å². The number of hydrogen-bond acceptors (Lipinski definition) is 3. The quantitative estimate of drug-likeness (QED) is 0.855. The molecule has 1 atom stereocenters. The highest BCUT2D eigenvalue weighted by molar-refractivity contribution is 7.17. The first-order valence-corrected chi connectivity index (χ1v) is 6.72. The fourth-order valence-corrected chi connectivity index (χ4v) is 2.95. The molecule has 17 heavy (non-hydrogen) atoms. The van der Waals surface area contributed by atoms with E-state index in [4.69, 9.17) is 0 Å². The lowest BCUT2D eigenvalue weighted by molar-refractivity contribution is -0.117. The van der Waals surface area contributed by atoms with Crippen LogP contribution in [0, 0.1) is 0 Å². The van der Waals surface area contributed by atoms with Crippen LogP contribution < -0.4 is 10.6 Å². The Morgan fingerprint density at radius 2 is 2.35 bits per heavy atom. The first kappa shape index (κ1) is 10.7. The Kier molecular flexibility index (Phi) is 2.82. The van der Waals surface area contributed by atoms with Gasteiger partial charge in [-0.3, -0.25) is 4.79 Å². The van der Waals surface area contributed by atoms with Crippen molar-refractivity contribution in [1.29, 1.82) is 0 Å². The van der Waals surface area contributed by atoms with Crippen molar-refractivity contribution in [3.05, 3.63) is 29.6 Å². The molecule has 0 bridgehead atoms. The molecule has 0 saturated carbocycles. The molecular weight excluding hydrogens is 232 g/mol. The van der Waals surface area contributed by atoms with Gasteiger partial charge in [0.05, 0.1) is 6.04 Å². The van der Waals surface area contributed by atoms with Crippen LogP contribution in [0.15, 0.2) is 29.6 Å². The third-order valence-electron chi connectivity index (χ3n) is 3.10. The van der Waals surface area contributed by atoms with Gasteiger partial charge in [0.25, 0.3) is 0 Å². The first-order valence-electron chi connectivity index (χ1n) is 5.84. The van der Waals surface area contributed by atoms with Gasteiger partial charge in [-0.25, -0.2) is 0 Å². The summed E-state index contributed by atoms with van der Waals surface area (Å²) in [6.45, 7) is 0.946. The minimum absolute atomic E-state index is 0.0202. The van der Waals surface area contributed by atoms with Gasteiger partial charge in [0, 0.05) is 10.4 Å². The maximum Gasteiger partial charge on any atom is 0.241 e. The molecule has 1 aliphatic heterocycles. The van der Waals surface area contributed by atoms with E-state index in [1.807, 2.05) is 12.1 Å². The lowest BCUT2D eigenvalue weighted by Gasteiger charge is -2.11. The largest absolute Gasteiger partial charge is 0.325 e. The molecule has 1 fully saturated rings. The Labute approximate surface area is 104 Å². The summed E-state index contributed by atoms with van der Waals surface area (Å²) in [5.41, 5.74) is 0.884. The Bertz CT molecular complexity index is 543. The Balaban J connectivity index is 1.77. The number of nitrogens with one attached hydrogen (secondary N) is 2. The molecule has 0 radical (unpaired) electrons. The molecular formula is C13H14N2OS. The molecule has 1 aromatic carbocycles. The number of hydrogen-bond donors (Lipinski definition) is 2. The van der Waals surface area contributed by atoms with Crippen LogP contribution in [0.4, 0.5) is 5.69 Å². The smallest absolute Gasteiger partial charge is 0.241 e. The number of fused-ring (bicyclic) bond motifs is 1. The molecule has 1 amide bonds. The van der Waals surface area contributed by atoms with Crippen molar-refractivity contribution in [2.24, 2.45) is 0 Å². The maximum atomic E-state index is 11.9. The van der Waals surface area contributed by atoms with Crippen molar-refractivity contribution < 1.29 is 4.79 Å². The predicted octanol–water partition coefficient (Wildman–Crippen LogP) is 2.59. The maximum absolute atomic E-state index is 11.9. The fourth-order valence-electron chi connectivity index (χ4n) is 2.18.